The average Bonchev–Trinajstić information content (AvgIpc) is 2.68. The fourth-order valence-corrected chi connectivity index (χ4v) is 4.40. The molecule has 0 saturated carbocycles. The van der Waals surface area contributed by atoms with E-state index in [2.05, 4.69) is 5.32 Å². The molecule has 1 heterocycles. The minimum absolute atomic E-state index is 0.00247. The molecule has 0 radical (unpaired) electrons. The molecular formula is C19H20F2N2O4S. The molecule has 1 aliphatic heterocycles. The minimum Gasteiger partial charge on any atom is -0.379 e. The Morgan fingerprint density at radius 2 is 1.86 bits per heavy atom. The Bertz CT molecular complexity index is 976. The fraction of sp³-hybridized carbons (Fsp3) is 0.316. The minimum atomic E-state index is -3.74. The molecule has 0 unspecified atom stereocenters. The van der Waals surface area contributed by atoms with Crippen LogP contribution in [0.3, 0.4) is 0 Å². The molecule has 1 N–H and O–H groups in total. The highest BCUT2D eigenvalue weighted by Crippen LogP contribution is 2.21. The van der Waals surface area contributed by atoms with Crippen LogP contribution in [0.15, 0.2) is 47.4 Å². The monoisotopic (exact) mass is 410 g/mol. The van der Waals surface area contributed by atoms with E-state index in [4.69, 9.17) is 4.74 Å². The molecule has 1 fully saturated rings. The van der Waals surface area contributed by atoms with E-state index in [9.17, 15) is 22.0 Å². The second-order valence-electron chi connectivity index (χ2n) is 6.41. The highest BCUT2D eigenvalue weighted by atomic mass is 32.2. The van der Waals surface area contributed by atoms with E-state index in [0.717, 1.165) is 12.1 Å². The van der Waals surface area contributed by atoms with Crippen LogP contribution in [-0.4, -0.2) is 44.9 Å². The molecule has 2 aromatic carbocycles. The summed E-state index contributed by atoms with van der Waals surface area (Å²) in [6, 6.07) is 8.04. The van der Waals surface area contributed by atoms with Gasteiger partial charge in [-0.3, -0.25) is 4.79 Å². The number of carbonyl (C=O) groups excluding carboxylic acids is 1. The van der Waals surface area contributed by atoms with Crippen molar-refractivity contribution in [3.8, 4) is 0 Å². The highest BCUT2D eigenvalue weighted by molar-refractivity contribution is 7.89. The quantitative estimate of drug-likeness (QED) is 0.822. The van der Waals surface area contributed by atoms with Crippen LogP contribution >= 0.6 is 0 Å². The van der Waals surface area contributed by atoms with Gasteiger partial charge in [-0.1, -0.05) is 12.1 Å². The van der Waals surface area contributed by atoms with E-state index < -0.39 is 33.6 Å². The summed E-state index contributed by atoms with van der Waals surface area (Å²) < 4.78 is 58.9. The van der Waals surface area contributed by atoms with Crippen molar-refractivity contribution >= 4 is 15.9 Å². The number of morpholine rings is 1. The van der Waals surface area contributed by atoms with Gasteiger partial charge in [-0.25, -0.2) is 17.2 Å². The summed E-state index contributed by atoms with van der Waals surface area (Å²) in [5, 5.41) is 2.60. The molecule has 1 atom stereocenters. The van der Waals surface area contributed by atoms with Crippen LogP contribution in [0, 0.1) is 11.6 Å². The maximum atomic E-state index is 13.9. The number of hydrogen-bond donors (Lipinski definition) is 1. The van der Waals surface area contributed by atoms with E-state index in [1.54, 1.807) is 6.92 Å². The fourth-order valence-electron chi connectivity index (χ4n) is 2.94. The van der Waals surface area contributed by atoms with Crippen molar-refractivity contribution in [2.45, 2.75) is 17.9 Å². The first-order chi connectivity index (χ1) is 13.3. The zero-order chi connectivity index (χ0) is 20.3. The van der Waals surface area contributed by atoms with Crippen LogP contribution < -0.4 is 5.32 Å². The first-order valence-corrected chi connectivity index (χ1v) is 10.2. The molecule has 1 amide bonds. The summed E-state index contributed by atoms with van der Waals surface area (Å²) in [7, 11) is -3.74. The number of amides is 1. The SMILES string of the molecule is C[C@H](NC(=O)c1cccc(S(=O)(=O)N2CCOCC2)c1)c1ccc(F)cc1F. The summed E-state index contributed by atoms with van der Waals surface area (Å²) >= 11 is 0. The number of nitrogens with one attached hydrogen (secondary N) is 1. The molecule has 2 aromatic rings. The predicted octanol–water partition coefficient (Wildman–Crippen LogP) is 2.48. The zero-order valence-electron chi connectivity index (χ0n) is 15.2. The Labute approximate surface area is 162 Å². The van der Waals surface area contributed by atoms with E-state index in [0.29, 0.717) is 13.2 Å². The third kappa shape index (κ3) is 4.37. The number of carbonyl (C=O) groups is 1. The second-order valence-corrected chi connectivity index (χ2v) is 8.34. The predicted molar refractivity (Wildman–Crippen MR) is 98.3 cm³/mol. The van der Waals surface area contributed by atoms with Crippen LogP contribution in [0.1, 0.15) is 28.9 Å². The number of nitrogens with zero attached hydrogens (tertiary/aromatic N) is 1. The van der Waals surface area contributed by atoms with E-state index in [-0.39, 0.29) is 29.1 Å². The van der Waals surface area contributed by atoms with Gasteiger partial charge in [-0.15, -0.1) is 0 Å². The third-order valence-corrected chi connectivity index (χ3v) is 6.38. The molecule has 1 aliphatic rings. The maximum absolute atomic E-state index is 13.9. The molecule has 6 nitrogen and oxygen atoms in total. The van der Waals surface area contributed by atoms with Gasteiger partial charge in [0.15, 0.2) is 0 Å². The molecule has 0 bridgehead atoms. The van der Waals surface area contributed by atoms with Gasteiger partial charge in [0.2, 0.25) is 10.0 Å². The summed E-state index contributed by atoms with van der Waals surface area (Å²) in [5.74, 6) is -2.03. The van der Waals surface area contributed by atoms with E-state index in [1.807, 2.05) is 0 Å². The Hall–Kier alpha value is -2.36. The summed E-state index contributed by atoms with van der Waals surface area (Å²) in [6.45, 7) is 2.70. The van der Waals surface area contributed by atoms with Crippen LogP contribution in [0.2, 0.25) is 0 Å². The van der Waals surface area contributed by atoms with Crippen molar-refractivity contribution in [2.75, 3.05) is 26.3 Å². The number of benzene rings is 2. The lowest BCUT2D eigenvalue weighted by Gasteiger charge is -2.26. The van der Waals surface area contributed by atoms with Gasteiger partial charge in [-0.2, -0.15) is 4.31 Å². The number of halogens is 2. The molecule has 28 heavy (non-hydrogen) atoms. The lowest BCUT2D eigenvalue weighted by atomic mass is 10.1. The van der Waals surface area contributed by atoms with Gasteiger partial charge in [-0.05, 0) is 31.2 Å². The Balaban J connectivity index is 1.78. The van der Waals surface area contributed by atoms with Gasteiger partial charge in [0.05, 0.1) is 24.2 Å². The van der Waals surface area contributed by atoms with Gasteiger partial charge in [0.25, 0.3) is 5.91 Å². The van der Waals surface area contributed by atoms with Gasteiger partial charge in [0, 0.05) is 30.3 Å². The molecule has 1 saturated heterocycles. The Morgan fingerprint density at radius 3 is 2.54 bits per heavy atom. The third-order valence-electron chi connectivity index (χ3n) is 4.48. The first kappa shape index (κ1) is 20.4. The molecule has 0 aromatic heterocycles. The average molecular weight is 410 g/mol. The van der Waals surface area contributed by atoms with Crippen molar-refractivity contribution in [3.05, 3.63) is 65.2 Å². The van der Waals surface area contributed by atoms with Crippen molar-refractivity contribution in [2.24, 2.45) is 0 Å². The van der Waals surface area contributed by atoms with Crippen LogP contribution in [0.25, 0.3) is 0 Å². The molecule has 0 aliphatic carbocycles. The zero-order valence-corrected chi connectivity index (χ0v) is 16.0. The first-order valence-electron chi connectivity index (χ1n) is 8.73. The van der Waals surface area contributed by atoms with Gasteiger partial charge in [0.1, 0.15) is 11.6 Å². The summed E-state index contributed by atoms with van der Waals surface area (Å²) in [5.41, 5.74) is 0.260. The number of sulfonamides is 1. The largest absolute Gasteiger partial charge is 0.379 e. The van der Waals surface area contributed by atoms with Crippen molar-refractivity contribution in [1.29, 1.82) is 0 Å². The number of rotatable bonds is 5. The van der Waals surface area contributed by atoms with Gasteiger partial charge >= 0.3 is 0 Å². The highest BCUT2D eigenvalue weighted by Gasteiger charge is 2.27. The molecule has 0 spiro atoms. The normalized spacial score (nSPS) is 16.5. The molecule has 3 rings (SSSR count). The number of ether oxygens (including phenoxy) is 1. The maximum Gasteiger partial charge on any atom is 0.251 e. The Morgan fingerprint density at radius 1 is 1.14 bits per heavy atom. The number of hydrogen-bond acceptors (Lipinski definition) is 4. The second kappa shape index (κ2) is 8.34. The lowest BCUT2D eigenvalue weighted by Crippen LogP contribution is -2.40. The lowest BCUT2D eigenvalue weighted by molar-refractivity contribution is 0.0730. The van der Waals surface area contributed by atoms with Crippen molar-refractivity contribution in [1.82, 2.24) is 9.62 Å². The Kier molecular flexibility index (Phi) is 6.07. The molecule has 150 valence electrons. The van der Waals surface area contributed by atoms with Crippen molar-refractivity contribution in [3.63, 3.8) is 0 Å². The molecular weight excluding hydrogens is 390 g/mol. The van der Waals surface area contributed by atoms with E-state index in [1.165, 1.54) is 34.6 Å². The van der Waals surface area contributed by atoms with Crippen molar-refractivity contribution < 1.29 is 26.7 Å². The summed E-state index contributed by atoms with van der Waals surface area (Å²) in [6.07, 6.45) is 0. The van der Waals surface area contributed by atoms with Crippen LogP contribution in [0.4, 0.5) is 8.78 Å². The van der Waals surface area contributed by atoms with E-state index >= 15 is 0 Å². The summed E-state index contributed by atoms with van der Waals surface area (Å²) in [4.78, 5) is 12.5. The van der Waals surface area contributed by atoms with Crippen LogP contribution in [0.5, 0.6) is 0 Å². The topological polar surface area (TPSA) is 75.7 Å². The van der Waals surface area contributed by atoms with Gasteiger partial charge < -0.3 is 10.1 Å². The standard InChI is InChI=1S/C19H20F2N2O4S/c1-13(17-6-5-15(20)12-18(17)21)22-19(24)14-3-2-4-16(11-14)28(25,26)23-7-9-27-10-8-23/h2-6,11-13H,7-10H2,1H3,(H,22,24)/t13-/m0/s1. The smallest absolute Gasteiger partial charge is 0.251 e. The molecule has 9 heteroatoms. The van der Waals surface area contributed by atoms with Crippen LogP contribution in [-0.2, 0) is 14.8 Å².